The summed E-state index contributed by atoms with van der Waals surface area (Å²) < 4.78 is 21.6. The van der Waals surface area contributed by atoms with Crippen LogP contribution in [-0.2, 0) is 4.79 Å². The van der Waals surface area contributed by atoms with E-state index in [1.54, 1.807) is 55.5 Å². The normalized spacial score (nSPS) is 11.0. The number of methoxy groups -OCH3 is 1. The van der Waals surface area contributed by atoms with E-state index in [9.17, 15) is 14.4 Å². The first-order valence-electron chi connectivity index (χ1n) is 14.0. The Balaban J connectivity index is 1.37. The van der Waals surface area contributed by atoms with Crippen LogP contribution in [0.3, 0.4) is 0 Å². The lowest BCUT2D eigenvalue weighted by Gasteiger charge is -2.13. The van der Waals surface area contributed by atoms with Gasteiger partial charge in [-0.3, -0.25) is 9.59 Å². The molecule has 13 heteroatoms. The standard InChI is InChI=1S/C34H26Cl3N3O7/c1-4-45-29-13-19(9-11-27(29)47-34(43)20-10-12-26(46-18(2)41)28(14-20)44-3)17-38-40-33(42)32-30(22-7-5-6-8-24(22)36)23-15-21(35)16-25(37)31(23)39-32/h5-17,39H,4H2,1-3H3,(H,40,42). The van der Waals surface area contributed by atoms with Crippen LogP contribution < -0.4 is 24.4 Å². The molecule has 0 aliphatic heterocycles. The van der Waals surface area contributed by atoms with E-state index in [4.69, 9.17) is 53.8 Å². The van der Waals surface area contributed by atoms with Crippen molar-refractivity contribution in [2.45, 2.75) is 13.8 Å². The zero-order valence-electron chi connectivity index (χ0n) is 25.2. The van der Waals surface area contributed by atoms with Gasteiger partial charge in [0, 0.05) is 33.5 Å². The number of nitrogens with zero attached hydrogens (tertiary/aromatic N) is 1. The molecule has 0 fully saturated rings. The lowest BCUT2D eigenvalue weighted by Crippen LogP contribution is -2.19. The molecular weight excluding hydrogens is 669 g/mol. The fraction of sp³-hybridized carbons (Fsp3) is 0.118. The van der Waals surface area contributed by atoms with Crippen LogP contribution >= 0.6 is 34.8 Å². The number of carbonyl (C=O) groups excluding carboxylic acids is 3. The molecule has 0 atom stereocenters. The van der Waals surface area contributed by atoms with Crippen molar-refractivity contribution in [2.24, 2.45) is 5.10 Å². The number of benzene rings is 4. The number of ether oxygens (including phenoxy) is 4. The smallest absolute Gasteiger partial charge is 0.343 e. The lowest BCUT2D eigenvalue weighted by molar-refractivity contribution is -0.132. The van der Waals surface area contributed by atoms with Crippen molar-refractivity contribution in [3.05, 3.63) is 105 Å². The van der Waals surface area contributed by atoms with Gasteiger partial charge in [0.2, 0.25) is 0 Å². The number of hydrogen-bond acceptors (Lipinski definition) is 8. The van der Waals surface area contributed by atoms with Crippen LogP contribution in [0.15, 0.2) is 77.9 Å². The van der Waals surface area contributed by atoms with Gasteiger partial charge in [-0.25, -0.2) is 10.2 Å². The molecule has 1 aromatic heterocycles. The molecule has 1 heterocycles. The van der Waals surface area contributed by atoms with Crippen molar-refractivity contribution in [3.8, 4) is 34.1 Å². The Morgan fingerprint density at radius 3 is 2.34 bits per heavy atom. The van der Waals surface area contributed by atoms with Crippen molar-refractivity contribution < 1.29 is 33.3 Å². The molecule has 2 N–H and O–H groups in total. The second-order valence-electron chi connectivity index (χ2n) is 9.85. The third kappa shape index (κ3) is 7.52. The van der Waals surface area contributed by atoms with Gasteiger partial charge in [-0.2, -0.15) is 5.10 Å². The fourth-order valence-electron chi connectivity index (χ4n) is 4.71. The maximum atomic E-state index is 13.4. The van der Waals surface area contributed by atoms with Crippen molar-refractivity contribution >= 4 is 69.8 Å². The summed E-state index contributed by atoms with van der Waals surface area (Å²) in [6.07, 6.45) is 1.41. The van der Waals surface area contributed by atoms with E-state index in [1.165, 1.54) is 44.5 Å². The van der Waals surface area contributed by atoms with Gasteiger partial charge in [-0.05, 0) is 67.1 Å². The fourth-order valence-corrected chi connectivity index (χ4v) is 5.48. The van der Waals surface area contributed by atoms with Crippen molar-refractivity contribution in [1.29, 1.82) is 0 Å². The van der Waals surface area contributed by atoms with E-state index in [2.05, 4.69) is 15.5 Å². The SMILES string of the molecule is CCOc1cc(C=NNC(=O)c2[nH]c3c(Cl)cc(Cl)cc3c2-c2ccccc2Cl)ccc1OC(=O)c1ccc(OC(C)=O)c(OC)c1. The highest BCUT2D eigenvalue weighted by Crippen LogP contribution is 2.40. The van der Waals surface area contributed by atoms with Crippen LogP contribution in [0.25, 0.3) is 22.0 Å². The number of hydrazone groups is 1. The summed E-state index contributed by atoms with van der Waals surface area (Å²) in [5.74, 6) is -1.00. The molecule has 0 radical (unpaired) electrons. The van der Waals surface area contributed by atoms with E-state index < -0.39 is 17.8 Å². The van der Waals surface area contributed by atoms with E-state index in [-0.39, 0.29) is 40.9 Å². The number of rotatable bonds is 10. The first-order chi connectivity index (χ1) is 22.6. The molecule has 5 aromatic rings. The Morgan fingerprint density at radius 1 is 0.872 bits per heavy atom. The van der Waals surface area contributed by atoms with E-state index in [1.807, 2.05) is 0 Å². The van der Waals surface area contributed by atoms with Gasteiger partial charge < -0.3 is 23.9 Å². The Kier molecular flexibility index (Phi) is 10.4. The number of esters is 2. The second-order valence-corrected chi connectivity index (χ2v) is 11.1. The first kappa shape index (κ1) is 33.3. The Morgan fingerprint density at radius 2 is 1.62 bits per heavy atom. The first-order valence-corrected chi connectivity index (χ1v) is 15.2. The maximum Gasteiger partial charge on any atom is 0.343 e. The summed E-state index contributed by atoms with van der Waals surface area (Å²) in [5, 5.41) is 5.92. The highest BCUT2D eigenvalue weighted by atomic mass is 35.5. The minimum Gasteiger partial charge on any atom is -0.493 e. The number of H-pyrrole nitrogens is 1. The lowest BCUT2D eigenvalue weighted by atomic mass is 10.0. The highest BCUT2D eigenvalue weighted by Gasteiger charge is 2.23. The third-order valence-electron chi connectivity index (χ3n) is 6.70. The third-order valence-corrected chi connectivity index (χ3v) is 7.54. The van der Waals surface area contributed by atoms with Crippen LogP contribution in [0.4, 0.5) is 0 Å². The summed E-state index contributed by atoms with van der Waals surface area (Å²) >= 11 is 19.2. The minimum atomic E-state index is -0.693. The number of amides is 1. The van der Waals surface area contributed by atoms with Crippen LogP contribution in [-0.4, -0.2) is 42.8 Å². The zero-order valence-corrected chi connectivity index (χ0v) is 27.4. The molecule has 0 aliphatic carbocycles. The molecule has 5 rings (SSSR count). The molecule has 1 amide bonds. The zero-order chi connectivity index (χ0) is 33.7. The maximum absolute atomic E-state index is 13.4. The Labute approximate surface area is 284 Å². The van der Waals surface area contributed by atoms with Gasteiger partial charge in [0.25, 0.3) is 5.91 Å². The number of fused-ring (bicyclic) bond motifs is 1. The quantitative estimate of drug-likeness (QED) is 0.0654. The van der Waals surface area contributed by atoms with Crippen LogP contribution in [0.5, 0.6) is 23.0 Å². The van der Waals surface area contributed by atoms with Gasteiger partial charge in [0.1, 0.15) is 5.69 Å². The van der Waals surface area contributed by atoms with E-state index >= 15 is 0 Å². The summed E-state index contributed by atoms with van der Waals surface area (Å²) in [6.45, 7) is 3.32. The van der Waals surface area contributed by atoms with Crippen LogP contribution in [0.1, 0.15) is 40.3 Å². The summed E-state index contributed by atoms with van der Waals surface area (Å²) in [5.41, 5.74) is 5.06. The molecule has 47 heavy (non-hydrogen) atoms. The minimum absolute atomic E-state index is 0.152. The van der Waals surface area contributed by atoms with Gasteiger partial charge in [0.05, 0.1) is 36.0 Å². The number of hydrogen-bond donors (Lipinski definition) is 2. The average Bonchev–Trinajstić information content (AvgIpc) is 3.42. The predicted molar refractivity (Wildman–Crippen MR) is 181 cm³/mol. The summed E-state index contributed by atoms with van der Waals surface area (Å²) in [7, 11) is 1.39. The molecular formula is C34H26Cl3N3O7. The second kappa shape index (κ2) is 14.6. The molecule has 4 aromatic carbocycles. The number of aromatic nitrogens is 1. The Hall–Kier alpha value is -5.03. The van der Waals surface area contributed by atoms with Crippen molar-refractivity contribution in [1.82, 2.24) is 10.4 Å². The summed E-state index contributed by atoms with van der Waals surface area (Å²) in [6, 6.07) is 19.4. The predicted octanol–water partition coefficient (Wildman–Crippen LogP) is 8.11. The number of halogens is 3. The molecule has 240 valence electrons. The van der Waals surface area contributed by atoms with Gasteiger partial charge in [0.15, 0.2) is 23.0 Å². The van der Waals surface area contributed by atoms with Gasteiger partial charge in [-0.15, -0.1) is 0 Å². The monoisotopic (exact) mass is 693 g/mol. The molecule has 0 spiro atoms. The molecule has 0 aliphatic rings. The van der Waals surface area contributed by atoms with Crippen molar-refractivity contribution in [3.63, 3.8) is 0 Å². The largest absolute Gasteiger partial charge is 0.493 e. The average molecular weight is 695 g/mol. The Bertz CT molecular complexity index is 2040. The molecule has 0 saturated heterocycles. The van der Waals surface area contributed by atoms with Gasteiger partial charge in [-0.1, -0.05) is 53.0 Å². The molecule has 10 nitrogen and oxygen atoms in total. The number of aromatic amines is 1. The van der Waals surface area contributed by atoms with Gasteiger partial charge >= 0.3 is 11.9 Å². The molecule has 0 bridgehead atoms. The van der Waals surface area contributed by atoms with Crippen LogP contribution in [0.2, 0.25) is 15.1 Å². The highest BCUT2D eigenvalue weighted by molar-refractivity contribution is 6.39. The topological polar surface area (TPSA) is 128 Å². The van der Waals surface area contributed by atoms with E-state index in [0.717, 1.165) is 0 Å². The van der Waals surface area contributed by atoms with E-state index in [0.29, 0.717) is 42.7 Å². The summed E-state index contributed by atoms with van der Waals surface area (Å²) in [4.78, 5) is 40.8. The number of carbonyl (C=O) groups is 3. The number of nitrogens with one attached hydrogen (secondary N) is 2. The molecule has 0 saturated carbocycles. The molecule has 0 unspecified atom stereocenters. The van der Waals surface area contributed by atoms with Crippen molar-refractivity contribution in [2.75, 3.05) is 13.7 Å². The van der Waals surface area contributed by atoms with Crippen LogP contribution in [0, 0.1) is 0 Å².